The van der Waals surface area contributed by atoms with E-state index in [1.54, 1.807) is 0 Å². The Morgan fingerprint density at radius 3 is 2.73 bits per heavy atom. The second-order valence-electron chi connectivity index (χ2n) is 7.39. The molecule has 0 bridgehead atoms. The number of halogens is 2. The van der Waals surface area contributed by atoms with Crippen molar-refractivity contribution < 1.29 is 31.9 Å². The molecule has 3 rings (SSSR count). The first-order chi connectivity index (χ1) is 14.3. The molecule has 1 aromatic heterocycles. The average Bonchev–Trinajstić information content (AvgIpc) is 2.81. The lowest BCUT2D eigenvalue weighted by molar-refractivity contribution is -0.137. The highest BCUT2D eigenvalue weighted by Crippen LogP contribution is 2.49. The molecular formula is C18H26F2N3O6P. The number of carbonyl (C=O) groups excluding carboxylic acids is 1. The fraction of sp³-hybridized carbons (Fsp3) is 0.722. The van der Waals surface area contributed by atoms with Crippen molar-refractivity contribution in [2.24, 2.45) is 5.92 Å². The van der Waals surface area contributed by atoms with E-state index in [9.17, 15) is 22.9 Å². The maximum atomic E-state index is 14.9. The highest BCUT2D eigenvalue weighted by molar-refractivity contribution is 7.33. The molecule has 2 saturated heterocycles. The Hall–Kier alpha value is -1.68. The number of hydrogen-bond acceptors (Lipinski definition) is 7. The minimum Gasteiger partial charge on any atom is -0.345 e. The van der Waals surface area contributed by atoms with E-state index in [0.717, 1.165) is 19.0 Å². The lowest BCUT2D eigenvalue weighted by atomic mass is 9.97. The number of nitrogens with zero attached hydrogens (tertiary/aromatic N) is 2. The Morgan fingerprint density at radius 2 is 2.10 bits per heavy atom. The SMILES string of the molecule is CCCC(CCC)C(=O)Nc1ccn([C@@H]2O[C@@H]3CCO[PH](=O)O[C@H]3C2(F)F)c(=O)n1. The van der Waals surface area contributed by atoms with E-state index in [4.69, 9.17) is 13.8 Å². The number of ether oxygens (including phenoxy) is 1. The minimum atomic E-state index is -3.62. The molecule has 0 aromatic carbocycles. The minimum absolute atomic E-state index is 0.0105. The summed E-state index contributed by atoms with van der Waals surface area (Å²) >= 11 is 0. The summed E-state index contributed by atoms with van der Waals surface area (Å²) in [4.78, 5) is 28.6. The number of nitrogens with one attached hydrogen (secondary N) is 1. The predicted octanol–water partition coefficient (Wildman–Crippen LogP) is 3.13. The van der Waals surface area contributed by atoms with Crippen LogP contribution in [0.15, 0.2) is 17.1 Å². The monoisotopic (exact) mass is 449 g/mol. The lowest BCUT2D eigenvalue weighted by Gasteiger charge is -2.23. The molecule has 0 aliphatic carbocycles. The zero-order valence-corrected chi connectivity index (χ0v) is 17.8. The van der Waals surface area contributed by atoms with E-state index in [-0.39, 0.29) is 30.7 Å². The van der Waals surface area contributed by atoms with E-state index in [1.807, 2.05) is 13.8 Å². The largest absolute Gasteiger partial charge is 0.351 e. The molecule has 4 atom stereocenters. The maximum Gasteiger partial charge on any atom is 0.351 e. The Kier molecular flexibility index (Phi) is 7.38. The number of anilines is 1. The summed E-state index contributed by atoms with van der Waals surface area (Å²) in [5, 5.41) is 2.58. The molecule has 12 heteroatoms. The highest BCUT2D eigenvalue weighted by Gasteiger charge is 2.62. The van der Waals surface area contributed by atoms with Gasteiger partial charge in [0.25, 0.3) is 0 Å². The van der Waals surface area contributed by atoms with Crippen LogP contribution in [0.1, 0.15) is 52.2 Å². The van der Waals surface area contributed by atoms with Gasteiger partial charge in [0.1, 0.15) is 5.82 Å². The molecule has 2 aliphatic rings. The molecule has 1 aromatic rings. The zero-order valence-electron chi connectivity index (χ0n) is 16.8. The first-order valence-corrected chi connectivity index (χ1v) is 11.3. The van der Waals surface area contributed by atoms with Crippen molar-refractivity contribution in [3.05, 3.63) is 22.7 Å². The van der Waals surface area contributed by atoms with Gasteiger partial charge in [0.15, 0.2) is 6.10 Å². The standard InChI is InChI=1S/C18H26F2N3O6P/c1-3-5-11(6-4-2)15(24)21-13-7-9-23(17(25)22-13)16-18(19,20)14-12(28-16)8-10-27-30(26)29-14/h7,9,11-12,14,16,30H,3-6,8,10H2,1-2H3,(H,21,22,24,25)/t12-,14-,16-/m1/s1. The van der Waals surface area contributed by atoms with Crippen molar-refractivity contribution in [3.8, 4) is 0 Å². The van der Waals surface area contributed by atoms with E-state index >= 15 is 0 Å². The fourth-order valence-electron chi connectivity index (χ4n) is 3.73. The van der Waals surface area contributed by atoms with Gasteiger partial charge in [0.05, 0.1) is 12.7 Å². The van der Waals surface area contributed by atoms with Crippen molar-refractivity contribution in [2.75, 3.05) is 11.9 Å². The van der Waals surface area contributed by atoms with Crippen LogP contribution in [0.3, 0.4) is 0 Å². The third kappa shape index (κ3) is 4.80. The maximum absolute atomic E-state index is 14.9. The van der Waals surface area contributed by atoms with Crippen LogP contribution < -0.4 is 11.0 Å². The normalized spacial score (nSPS) is 28.2. The van der Waals surface area contributed by atoms with Crippen LogP contribution in [0.4, 0.5) is 14.6 Å². The summed E-state index contributed by atoms with van der Waals surface area (Å²) in [5.41, 5.74) is -1.000. The average molecular weight is 449 g/mol. The zero-order chi connectivity index (χ0) is 21.9. The van der Waals surface area contributed by atoms with Gasteiger partial charge >= 0.3 is 19.9 Å². The molecule has 1 unspecified atom stereocenters. The first-order valence-electron chi connectivity index (χ1n) is 10.0. The number of hydrogen-bond donors (Lipinski definition) is 1. The Bertz CT molecular complexity index is 845. The summed E-state index contributed by atoms with van der Waals surface area (Å²) in [6.07, 6.45) is -0.585. The molecule has 3 heterocycles. The molecule has 168 valence electrons. The van der Waals surface area contributed by atoms with Gasteiger partial charge in [-0.2, -0.15) is 13.8 Å². The number of carbonyl (C=O) groups is 1. The first kappa shape index (κ1) is 23.0. The molecule has 0 saturated carbocycles. The number of rotatable bonds is 7. The molecule has 30 heavy (non-hydrogen) atoms. The summed E-state index contributed by atoms with van der Waals surface area (Å²) in [5.74, 6) is -4.10. The second kappa shape index (κ2) is 9.64. The number of amides is 1. The quantitative estimate of drug-likeness (QED) is 0.637. The highest BCUT2D eigenvalue weighted by atomic mass is 31.1. The summed E-state index contributed by atoms with van der Waals surface area (Å²) in [6.45, 7) is 3.91. The van der Waals surface area contributed by atoms with Gasteiger partial charge in [-0.05, 0) is 18.9 Å². The third-order valence-electron chi connectivity index (χ3n) is 5.17. The summed E-state index contributed by atoms with van der Waals surface area (Å²) in [7, 11) is -3.06. The predicted molar refractivity (Wildman–Crippen MR) is 104 cm³/mol. The van der Waals surface area contributed by atoms with E-state index in [0.29, 0.717) is 17.4 Å². The molecule has 1 N–H and O–H groups in total. The smallest absolute Gasteiger partial charge is 0.345 e. The van der Waals surface area contributed by atoms with Crippen LogP contribution >= 0.6 is 8.25 Å². The topological polar surface area (TPSA) is 109 Å². The summed E-state index contributed by atoms with van der Waals surface area (Å²) < 4.78 is 56.9. The van der Waals surface area contributed by atoms with E-state index in [2.05, 4.69) is 10.3 Å². The number of fused-ring (bicyclic) bond motifs is 1. The van der Waals surface area contributed by atoms with E-state index in [1.165, 1.54) is 6.07 Å². The second-order valence-corrected chi connectivity index (χ2v) is 8.42. The number of alkyl halides is 2. The molecule has 0 radical (unpaired) electrons. The van der Waals surface area contributed by atoms with Gasteiger partial charge in [-0.1, -0.05) is 26.7 Å². The van der Waals surface area contributed by atoms with Gasteiger partial charge in [0.2, 0.25) is 12.1 Å². The molecule has 1 amide bonds. The Morgan fingerprint density at radius 1 is 1.40 bits per heavy atom. The Balaban J connectivity index is 1.78. The Labute approximate surface area is 173 Å². The van der Waals surface area contributed by atoms with Gasteiger partial charge in [0, 0.05) is 18.5 Å². The van der Waals surface area contributed by atoms with Crippen LogP contribution in [0.2, 0.25) is 0 Å². The molecular weight excluding hydrogens is 423 g/mol. The molecule has 2 aliphatic heterocycles. The van der Waals surface area contributed by atoms with Crippen molar-refractivity contribution in [1.29, 1.82) is 0 Å². The van der Waals surface area contributed by atoms with Gasteiger partial charge in [-0.3, -0.25) is 18.5 Å². The van der Waals surface area contributed by atoms with Crippen LogP contribution in [-0.2, 0) is 23.1 Å². The fourth-order valence-corrected chi connectivity index (χ4v) is 4.60. The van der Waals surface area contributed by atoms with Crippen LogP contribution in [0, 0.1) is 5.92 Å². The van der Waals surface area contributed by atoms with Crippen LogP contribution in [0.25, 0.3) is 0 Å². The van der Waals surface area contributed by atoms with Gasteiger partial charge < -0.3 is 14.6 Å². The van der Waals surface area contributed by atoms with Gasteiger partial charge in [-0.25, -0.2) is 4.79 Å². The van der Waals surface area contributed by atoms with Crippen molar-refractivity contribution in [3.63, 3.8) is 0 Å². The third-order valence-corrected chi connectivity index (χ3v) is 6.06. The van der Waals surface area contributed by atoms with Crippen molar-refractivity contribution in [2.45, 2.75) is 70.3 Å². The van der Waals surface area contributed by atoms with Crippen molar-refractivity contribution in [1.82, 2.24) is 9.55 Å². The van der Waals surface area contributed by atoms with Gasteiger partial charge in [-0.15, -0.1) is 0 Å². The summed E-state index contributed by atoms with van der Waals surface area (Å²) in [6, 6.07) is 1.27. The van der Waals surface area contributed by atoms with E-state index < -0.39 is 38.3 Å². The molecule has 2 fully saturated rings. The van der Waals surface area contributed by atoms with Crippen molar-refractivity contribution >= 4 is 20.0 Å². The van der Waals surface area contributed by atoms with Crippen LogP contribution in [-0.4, -0.2) is 40.2 Å². The lowest BCUT2D eigenvalue weighted by Crippen LogP contribution is -2.41. The van der Waals surface area contributed by atoms with Crippen LogP contribution in [0.5, 0.6) is 0 Å². The molecule has 9 nitrogen and oxygen atoms in total. The molecule has 0 spiro atoms. The number of aromatic nitrogens is 2.